The molecule has 1 aliphatic rings. The maximum Gasteiger partial charge on any atom is 0.414 e. The van der Waals surface area contributed by atoms with E-state index in [9.17, 15) is 9.18 Å². The fourth-order valence-corrected chi connectivity index (χ4v) is 2.05. The molecule has 1 atom stereocenters. The van der Waals surface area contributed by atoms with Crippen molar-refractivity contribution in [3.63, 3.8) is 0 Å². The Balaban J connectivity index is 2.07. The van der Waals surface area contributed by atoms with Crippen LogP contribution in [0.3, 0.4) is 0 Å². The number of nitrogens with one attached hydrogen (secondary N) is 2. The summed E-state index contributed by atoms with van der Waals surface area (Å²) in [5.41, 5.74) is 0.865. The number of carbonyl (C=O) groups excluding carboxylic acids is 1. The van der Waals surface area contributed by atoms with Gasteiger partial charge >= 0.3 is 6.09 Å². The molecule has 1 amide bonds. The summed E-state index contributed by atoms with van der Waals surface area (Å²) in [6.07, 6.45) is -0.775. The SMILES string of the molecule is CNc1ccc(N2C[C@H](CNC(C)=S)OC2=O)cc1F. The van der Waals surface area contributed by atoms with Gasteiger partial charge in [0.1, 0.15) is 11.9 Å². The molecule has 0 unspecified atom stereocenters. The largest absolute Gasteiger partial charge is 0.442 e. The number of ether oxygens (including phenoxy) is 1. The van der Waals surface area contributed by atoms with E-state index in [1.807, 2.05) is 0 Å². The van der Waals surface area contributed by atoms with Crippen molar-refractivity contribution in [2.24, 2.45) is 0 Å². The van der Waals surface area contributed by atoms with Crippen LogP contribution in [0.1, 0.15) is 6.92 Å². The number of carbonyl (C=O) groups is 1. The normalized spacial score (nSPS) is 17.9. The molecule has 1 aromatic carbocycles. The standard InChI is InChI=1S/C13H16FN3O2S/c1-8(20)16-6-10-7-17(13(18)19-10)9-3-4-12(15-2)11(14)5-9/h3-5,10,15H,6-7H2,1-2H3,(H,16,20)/t10-/m0/s1. The molecule has 0 aliphatic carbocycles. The van der Waals surface area contributed by atoms with Crippen LogP contribution >= 0.6 is 12.2 Å². The second kappa shape index (κ2) is 6.04. The molecule has 1 saturated heterocycles. The summed E-state index contributed by atoms with van der Waals surface area (Å²) in [6.45, 7) is 2.58. The fraction of sp³-hybridized carbons (Fsp3) is 0.385. The van der Waals surface area contributed by atoms with Gasteiger partial charge in [0, 0.05) is 7.05 Å². The Hall–Kier alpha value is -1.89. The van der Waals surface area contributed by atoms with Crippen LogP contribution in [-0.4, -0.2) is 37.3 Å². The van der Waals surface area contributed by atoms with Crippen molar-refractivity contribution in [2.45, 2.75) is 13.0 Å². The third-order valence-corrected chi connectivity index (χ3v) is 3.13. The molecule has 5 nitrogen and oxygen atoms in total. The zero-order chi connectivity index (χ0) is 14.7. The highest BCUT2D eigenvalue weighted by molar-refractivity contribution is 7.80. The van der Waals surface area contributed by atoms with Crippen molar-refractivity contribution in [1.29, 1.82) is 0 Å². The molecule has 1 aliphatic heterocycles. The highest BCUT2D eigenvalue weighted by Crippen LogP contribution is 2.25. The summed E-state index contributed by atoms with van der Waals surface area (Å²) < 4.78 is 18.9. The Morgan fingerprint density at radius 3 is 2.95 bits per heavy atom. The molecule has 7 heteroatoms. The lowest BCUT2D eigenvalue weighted by Gasteiger charge is -2.14. The number of nitrogens with zero attached hydrogens (tertiary/aromatic N) is 1. The molecular weight excluding hydrogens is 281 g/mol. The first-order valence-electron chi connectivity index (χ1n) is 6.21. The zero-order valence-corrected chi connectivity index (χ0v) is 12.1. The first-order chi connectivity index (χ1) is 9.51. The van der Waals surface area contributed by atoms with Gasteiger partial charge in [-0.2, -0.15) is 0 Å². The van der Waals surface area contributed by atoms with Crippen LogP contribution in [0.4, 0.5) is 20.6 Å². The van der Waals surface area contributed by atoms with Crippen LogP contribution < -0.4 is 15.5 Å². The van der Waals surface area contributed by atoms with Crippen LogP contribution in [0.5, 0.6) is 0 Å². The van der Waals surface area contributed by atoms with E-state index in [1.54, 1.807) is 26.1 Å². The van der Waals surface area contributed by atoms with Gasteiger partial charge in [-0.1, -0.05) is 12.2 Å². The number of halogens is 1. The van der Waals surface area contributed by atoms with Gasteiger partial charge in [0.2, 0.25) is 0 Å². The first-order valence-corrected chi connectivity index (χ1v) is 6.62. The summed E-state index contributed by atoms with van der Waals surface area (Å²) in [4.78, 5) is 13.9. The Morgan fingerprint density at radius 1 is 1.60 bits per heavy atom. The number of cyclic esters (lactones) is 1. The van der Waals surface area contributed by atoms with E-state index in [0.29, 0.717) is 29.5 Å². The summed E-state index contributed by atoms with van der Waals surface area (Å²) >= 11 is 4.91. The quantitative estimate of drug-likeness (QED) is 0.834. The molecule has 1 aromatic rings. The van der Waals surface area contributed by atoms with Crippen molar-refractivity contribution < 1.29 is 13.9 Å². The molecule has 0 saturated carbocycles. The van der Waals surface area contributed by atoms with Crippen LogP contribution in [0.2, 0.25) is 0 Å². The molecule has 2 N–H and O–H groups in total. The minimum Gasteiger partial charge on any atom is -0.442 e. The van der Waals surface area contributed by atoms with Crippen molar-refractivity contribution >= 4 is 34.7 Å². The van der Waals surface area contributed by atoms with E-state index in [-0.39, 0.29) is 6.10 Å². The number of benzene rings is 1. The Morgan fingerprint density at radius 2 is 2.35 bits per heavy atom. The first kappa shape index (κ1) is 14.5. The number of hydrogen-bond acceptors (Lipinski definition) is 4. The number of thiocarbonyl (C=S) groups is 1. The van der Waals surface area contributed by atoms with Gasteiger partial charge in [-0.25, -0.2) is 9.18 Å². The molecular formula is C13H16FN3O2S. The lowest BCUT2D eigenvalue weighted by molar-refractivity contribution is 0.143. The predicted molar refractivity (Wildman–Crippen MR) is 79.8 cm³/mol. The minimum absolute atomic E-state index is 0.299. The lowest BCUT2D eigenvalue weighted by atomic mass is 10.2. The molecule has 0 radical (unpaired) electrons. The van der Waals surface area contributed by atoms with Gasteiger partial charge in [-0.05, 0) is 25.1 Å². The predicted octanol–water partition coefficient (Wildman–Crippen LogP) is 2.13. The highest BCUT2D eigenvalue weighted by Gasteiger charge is 2.32. The molecule has 2 rings (SSSR count). The second-order valence-corrected chi connectivity index (χ2v) is 5.08. The van der Waals surface area contributed by atoms with E-state index in [2.05, 4.69) is 10.6 Å². The fourth-order valence-electron chi connectivity index (χ4n) is 1.97. The highest BCUT2D eigenvalue weighted by atomic mass is 32.1. The number of anilines is 2. The smallest absolute Gasteiger partial charge is 0.414 e. The molecule has 0 spiro atoms. The molecule has 20 heavy (non-hydrogen) atoms. The summed E-state index contributed by atoms with van der Waals surface area (Å²) in [5, 5.41) is 5.68. The molecule has 0 aromatic heterocycles. The number of amides is 1. The third-order valence-electron chi connectivity index (χ3n) is 2.99. The lowest BCUT2D eigenvalue weighted by Crippen LogP contribution is -2.32. The average molecular weight is 297 g/mol. The Bertz CT molecular complexity index is 538. The average Bonchev–Trinajstić information content (AvgIpc) is 2.77. The minimum atomic E-state index is -0.476. The Labute approximate surface area is 122 Å². The summed E-state index contributed by atoms with van der Waals surface area (Å²) in [6, 6.07) is 4.58. The Kier molecular flexibility index (Phi) is 4.39. The maximum absolute atomic E-state index is 13.7. The van der Waals surface area contributed by atoms with Crippen LogP contribution in [-0.2, 0) is 4.74 Å². The van der Waals surface area contributed by atoms with Gasteiger partial charge in [-0.3, -0.25) is 4.90 Å². The van der Waals surface area contributed by atoms with Crippen molar-refractivity contribution in [1.82, 2.24) is 5.32 Å². The van der Waals surface area contributed by atoms with Gasteiger partial charge in [0.05, 0.1) is 29.5 Å². The third kappa shape index (κ3) is 3.16. The van der Waals surface area contributed by atoms with Crippen molar-refractivity contribution in [2.75, 3.05) is 30.4 Å². The molecule has 108 valence electrons. The van der Waals surface area contributed by atoms with Crippen LogP contribution in [0, 0.1) is 5.82 Å². The van der Waals surface area contributed by atoms with E-state index in [0.717, 1.165) is 0 Å². The van der Waals surface area contributed by atoms with E-state index in [4.69, 9.17) is 17.0 Å². The van der Waals surface area contributed by atoms with E-state index >= 15 is 0 Å². The van der Waals surface area contributed by atoms with Gasteiger partial charge in [0.15, 0.2) is 0 Å². The maximum atomic E-state index is 13.7. The van der Waals surface area contributed by atoms with Gasteiger partial charge in [-0.15, -0.1) is 0 Å². The number of hydrogen-bond donors (Lipinski definition) is 2. The van der Waals surface area contributed by atoms with Crippen molar-refractivity contribution in [3.05, 3.63) is 24.0 Å². The summed E-state index contributed by atoms with van der Waals surface area (Å²) in [7, 11) is 1.64. The topological polar surface area (TPSA) is 53.6 Å². The number of rotatable bonds is 4. The van der Waals surface area contributed by atoms with Crippen LogP contribution in [0.15, 0.2) is 18.2 Å². The van der Waals surface area contributed by atoms with Gasteiger partial charge in [0.25, 0.3) is 0 Å². The van der Waals surface area contributed by atoms with E-state index in [1.165, 1.54) is 11.0 Å². The van der Waals surface area contributed by atoms with E-state index < -0.39 is 11.9 Å². The van der Waals surface area contributed by atoms with Crippen LogP contribution in [0.25, 0.3) is 0 Å². The van der Waals surface area contributed by atoms with Crippen molar-refractivity contribution in [3.8, 4) is 0 Å². The van der Waals surface area contributed by atoms with Gasteiger partial charge < -0.3 is 15.4 Å². The molecule has 1 fully saturated rings. The molecule has 0 bridgehead atoms. The zero-order valence-electron chi connectivity index (χ0n) is 11.3. The second-order valence-electron chi connectivity index (χ2n) is 4.47. The monoisotopic (exact) mass is 297 g/mol. The summed E-state index contributed by atoms with van der Waals surface area (Å²) in [5.74, 6) is -0.408. The molecule has 1 heterocycles.